The topological polar surface area (TPSA) is 70.6 Å². The highest BCUT2D eigenvalue weighted by Crippen LogP contribution is 2.27. The molecule has 0 bridgehead atoms. The van der Waals surface area contributed by atoms with Gasteiger partial charge in [0.05, 0.1) is 0 Å². The first-order valence-electron chi connectivity index (χ1n) is 11.1. The smallest absolute Gasteiger partial charge is 0.322 e. The Kier molecular flexibility index (Phi) is 6.72. The Morgan fingerprint density at radius 3 is 2.79 bits per heavy atom. The second-order valence-corrected chi connectivity index (χ2v) is 8.18. The summed E-state index contributed by atoms with van der Waals surface area (Å²) in [5, 5.41) is 3.05. The lowest BCUT2D eigenvalue weighted by Crippen LogP contribution is -2.55. The monoisotopic (exact) mass is 449 g/mol. The van der Waals surface area contributed by atoms with Gasteiger partial charge in [-0.05, 0) is 49.6 Å². The van der Waals surface area contributed by atoms with Crippen LogP contribution >= 0.6 is 0 Å². The fourth-order valence-corrected chi connectivity index (χ4v) is 3.97. The molecule has 0 saturated carbocycles. The first kappa shape index (κ1) is 22.5. The number of nitrogens with zero attached hydrogens (tertiary/aromatic N) is 4. The van der Waals surface area contributed by atoms with Crippen LogP contribution in [-0.4, -0.2) is 46.6 Å². The molecular formula is C25H28FN5O2. The van der Waals surface area contributed by atoms with Gasteiger partial charge in [-0.1, -0.05) is 31.2 Å². The van der Waals surface area contributed by atoms with E-state index in [-0.39, 0.29) is 23.7 Å². The van der Waals surface area contributed by atoms with Gasteiger partial charge in [-0.25, -0.2) is 19.2 Å². The molecule has 8 heteroatoms. The average Bonchev–Trinajstić information content (AvgIpc) is 2.82. The van der Waals surface area contributed by atoms with Crippen LogP contribution in [0, 0.1) is 12.7 Å². The number of hydrogen-bond acceptors (Lipinski definition) is 5. The first-order valence-corrected chi connectivity index (χ1v) is 11.1. The molecule has 1 fully saturated rings. The number of carbonyl (C=O) groups is 1. The summed E-state index contributed by atoms with van der Waals surface area (Å²) in [6.07, 6.45) is 2.26. The molecule has 0 spiro atoms. The third-order valence-electron chi connectivity index (χ3n) is 5.78. The lowest BCUT2D eigenvalue weighted by molar-refractivity contribution is 0.184. The molecule has 1 aromatic heterocycles. The van der Waals surface area contributed by atoms with Gasteiger partial charge >= 0.3 is 6.03 Å². The molecule has 1 aliphatic rings. The molecule has 1 N–H and O–H groups in total. The molecule has 1 atom stereocenters. The number of aromatic nitrogens is 2. The maximum atomic E-state index is 14.1. The van der Waals surface area contributed by atoms with Crippen molar-refractivity contribution in [3.63, 3.8) is 0 Å². The number of aryl methyl sites for hydroxylation is 2. The number of carbonyl (C=O) groups excluding carboxylic acids is 1. The number of ether oxygens (including phenoxy) is 1. The van der Waals surface area contributed by atoms with Gasteiger partial charge < -0.3 is 19.9 Å². The summed E-state index contributed by atoms with van der Waals surface area (Å²) in [4.78, 5) is 25.3. The minimum Gasteiger partial charge on any atom is -0.436 e. The highest BCUT2D eigenvalue weighted by Gasteiger charge is 2.28. The Morgan fingerprint density at radius 2 is 2.00 bits per heavy atom. The Bertz CT molecular complexity index is 1140. The van der Waals surface area contributed by atoms with Crippen molar-refractivity contribution < 1.29 is 13.9 Å². The van der Waals surface area contributed by atoms with E-state index >= 15 is 0 Å². The fraction of sp³-hybridized carbons (Fsp3) is 0.320. The zero-order valence-electron chi connectivity index (χ0n) is 19.1. The SMILES string of the molecule is CCc1ccccc1NC(=O)N1CCN(c2cc(Oc3cc(C)ccc3F)ncn2)C[C@@H]1C. The van der Waals surface area contributed by atoms with Crippen molar-refractivity contribution in [3.8, 4) is 11.6 Å². The van der Waals surface area contributed by atoms with Gasteiger partial charge in [-0.3, -0.25) is 0 Å². The lowest BCUT2D eigenvalue weighted by Gasteiger charge is -2.40. The van der Waals surface area contributed by atoms with Crippen LogP contribution in [-0.2, 0) is 6.42 Å². The van der Waals surface area contributed by atoms with Crippen LogP contribution < -0.4 is 15.0 Å². The summed E-state index contributed by atoms with van der Waals surface area (Å²) < 4.78 is 19.7. The number of amides is 2. The van der Waals surface area contributed by atoms with E-state index in [2.05, 4.69) is 27.1 Å². The van der Waals surface area contributed by atoms with Crippen LogP contribution in [0.25, 0.3) is 0 Å². The number of halogens is 1. The quantitative estimate of drug-likeness (QED) is 0.592. The van der Waals surface area contributed by atoms with Crippen LogP contribution in [0.5, 0.6) is 11.6 Å². The van der Waals surface area contributed by atoms with Crippen molar-refractivity contribution in [2.75, 3.05) is 29.9 Å². The summed E-state index contributed by atoms with van der Waals surface area (Å²) in [7, 11) is 0. The molecule has 2 aromatic carbocycles. The number of nitrogens with one attached hydrogen (secondary N) is 1. The van der Waals surface area contributed by atoms with Crippen LogP contribution in [0.1, 0.15) is 25.0 Å². The van der Waals surface area contributed by atoms with Crippen LogP contribution in [0.15, 0.2) is 54.9 Å². The van der Waals surface area contributed by atoms with Gasteiger partial charge in [0.25, 0.3) is 0 Å². The molecule has 1 saturated heterocycles. The largest absolute Gasteiger partial charge is 0.436 e. The van der Waals surface area contributed by atoms with Crippen molar-refractivity contribution in [3.05, 3.63) is 71.8 Å². The van der Waals surface area contributed by atoms with Crippen LogP contribution in [0.2, 0.25) is 0 Å². The number of benzene rings is 2. The van der Waals surface area contributed by atoms with Gasteiger partial charge in [-0.15, -0.1) is 0 Å². The number of anilines is 2. The first-order chi connectivity index (χ1) is 15.9. The third-order valence-corrected chi connectivity index (χ3v) is 5.78. The summed E-state index contributed by atoms with van der Waals surface area (Å²) >= 11 is 0. The standard InChI is InChI=1S/C25H28FN5O2/c1-4-19-7-5-6-8-21(19)29-25(32)31-12-11-30(15-18(31)3)23-14-24(28-16-27-23)33-22-13-17(2)9-10-20(22)26/h5-10,13-14,16,18H,4,11-12,15H2,1-3H3,(H,29,32)/t18-/m0/s1. The van der Waals surface area contributed by atoms with Gasteiger partial charge in [0, 0.05) is 37.4 Å². The molecule has 2 amide bonds. The second-order valence-electron chi connectivity index (χ2n) is 8.18. The van der Waals surface area contributed by atoms with Crippen molar-refractivity contribution in [2.45, 2.75) is 33.2 Å². The number of rotatable bonds is 5. The zero-order chi connectivity index (χ0) is 23.4. The predicted molar refractivity (Wildman–Crippen MR) is 126 cm³/mol. The normalized spacial score (nSPS) is 15.9. The molecule has 0 aliphatic carbocycles. The van der Waals surface area contributed by atoms with Gasteiger partial charge in [0.15, 0.2) is 11.6 Å². The van der Waals surface area contributed by atoms with E-state index in [0.29, 0.717) is 25.5 Å². The molecule has 33 heavy (non-hydrogen) atoms. The summed E-state index contributed by atoms with van der Waals surface area (Å²) in [5.74, 6) is 0.630. The van der Waals surface area contributed by atoms with Crippen molar-refractivity contribution in [1.29, 1.82) is 0 Å². The van der Waals surface area contributed by atoms with E-state index in [1.807, 2.05) is 43.0 Å². The second kappa shape index (κ2) is 9.85. The van der Waals surface area contributed by atoms with Gasteiger partial charge in [0.2, 0.25) is 5.88 Å². The Morgan fingerprint density at radius 1 is 1.18 bits per heavy atom. The number of hydrogen-bond donors (Lipinski definition) is 1. The van der Waals surface area contributed by atoms with Gasteiger partial charge in [0.1, 0.15) is 12.1 Å². The van der Waals surface area contributed by atoms with E-state index in [1.54, 1.807) is 18.2 Å². The third kappa shape index (κ3) is 5.22. The minimum absolute atomic E-state index is 0.0268. The van der Waals surface area contributed by atoms with E-state index < -0.39 is 5.82 Å². The molecule has 7 nitrogen and oxygen atoms in total. The molecule has 2 heterocycles. The summed E-state index contributed by atoms with van der Waals surface area (Å²) in [6.45, 7) is 7.72. The lowest BCUT2D eigenvalue weighted by atomic mass is 10.1. The average molecular weight is 450 g/mol. The van der Waals surface area contributed by atoms with Crippen LogP contribution in [0.3, 0.4) is 0 Å². The van der Waals surface area contributed by atoms with E-state index in [9.17, 15) is 9.18 Å². The van der Waals surface area contributed by atoms with E-state index in [1.165, 1.54) is 12.4 Å². The molecule has 3 aromatic rings. The molecule has 172 valence electrons. The Labute approximate surface area is 193 Å². The maximum Gasteiger partial charge on any atom is 0.322 e. The molecule has 1 aliphatic heterocycles. The van der Waals surface area contributed by atoms with E-state index in [0.717, 1.165) is 23.2 Å². The molecule has 0 radical (unpaired) electrons. The minimum atomic E-state index is -0.446. The summed E-state index contributed by atoms with van der Waals surface area (Å²) in [5.41, 5.74) is 2.85. The fourth-order valence-electron chi connectivity index (χ4n) is 3.97. The maximum absolute atomic E-state index is 14.1. The zero-order valence-corrected chi connectivity index (χ0v) is 19.1. The molecule has 4 rings (SSSR count). The Hall–Kier alpha value is -3.68. The highest BCUT2D eigenvalue weighted by molar-refractivity contribution is 5.90. The number of urea groups is 1. The van der Waals surface area contributed by atoms with Crippen molar-refractivity contribution >= 4 is 17.5 Å². The predicted octanol–water partition coefficient (Wildman–Crippen LogP) is 5.02. The van der Waals surface area contributed by atoms with E-state index in [4.69, 9.17) is 4.74 Å². The van der Waals surface area contributed by atoms with Gasteiger partial charge in [-0.2, -0.15) is 0 Å². The molecule has 0 unspecified atom stereocenters. The number of piperazine rings is 1. The highest BCUT2D eigenvalue weighted by atomic mass is 19.1. The van der Waals surface area contributed by atoms with Crippen molar-refractivity contribution in [1.82, 2.24) is 14.9 Å². The number of para-hydroxylation sites is 1. The Balaban J connectivity index is 1.42. The van der Waals surface area contributed by atoms with Crippen LogP contribution in [0.4, 0.5) is 20.7 Å². The van der Waals surface area contributed by atoms with Crippen molar-refractivity contribution in [2.24, 2.45) is 0 Å². The molecular weight excluding hydrogens is 421 g/mol. The summed E-state index contributed by atoms with van der Waals surface area (Å²) in [6, 6.07) is 14.1.